The number of methoxy groups -OCH3 is 1. The summed E-state index contributed by atoms with van der Waals surface area (Å²) in [4.78, 5) is 12.2. The van der Waals surface area contributed by atoms with Crippen LogP contribution in [0, 0.1) is 0 Å². The number of nitrogens with two attached hydrogens (primary N) is 1. The largest absolute Gasteiger partial charge is 0.493 e. The number of benzene rings is 1. The van der Waals surface area contributed by atoms with Gasteiger partial charge in [0, 0.05) is 18.8 Å². The monoisotopic (exact) mass is 264 g/mol. The third kappa shape index (κ3) is 2.98. The fraction of sp³-hybridized carbons (Fsp3) is 0.500. The Labute approximate surface area is 113 Å². The highest BCUT2D eigenvalue weighted by Crippen LogP contribution is 2.27. The molecular weight excluding hydrogens is 244 g/mol. The Balaban J connectivity index is 2.06. The summed E-state index contributed by atoms with van der Waals surface area (Å²) in [6.45, 7) is 2.37. The average Bonchev–Trinajstić information content (AvgIpc) is 2.33. The molecule has 1 aliphatic rings. The minimum Gasteiger partial charge on any atom is -0.493 e. The lowest BCUT2D eigenvalue weighted by Crippen LogP contribution is -2.47. The van der Waals surface area contributed by atoms with Gasteiger partial charge in [-0.05, 0) is 31.9 Å². The van der Waals surface area contributed by atoms with Crippen LogP contribution in [0.25, 0.3) is 0 Å². The Morgan fingerprint density at radius 3 is 2.84 bits per heavy atom. The summed E-state index contributed by atoms with van der Waals surface area (Å²) in [5, 5.41) is 2.96. The number of carbonyl (C=O) groups is 1. The second kappa shape index (κ2) is 5.93. The lowest BCUT2D eigenvalue weighted by Gasteiger charge is -2.34. The summed E-state index contributed by atoms with van der Waals surface area (Å²) in [5.41, 5.74) is 6.73. The van der Waals surface area contributed by atoms with Crippen molar-refractivity contribution in [3.8, 4) is 5.75 Å². The molecule has 5 nitrogen and oxygen atoms in total. The van der Waals surface area contributed by atoms with Gasteiger partial charge in [0.1, 0.15) is 11.3 Å². The van der Waals surface area contributed by atoms with E-state index in [4.69, 9.17) is 15.2 Å². The van der Waals surface area contributed by atoms with Crippen molar-refractivity contribution in [1.29, 1.82) is 0 Å². The molecule has 3 N–H and O–H groups in total. The highest BCUT2D eigenvalue weighted by atomic mass is 16.5. The topological polar surface area (TPSA) is 73.6 Å². The number of nitrogens with one attached hydrogen (secondary N) is 1. The van der Waals surface area contributed by atoms with Crippen molar-refractivity contribution in [2.75, 3.05) is 19.5 Å². The van der Waals surface area contributed by atoms with Gasteiger partial charge < -0.3 is 20.5 Å². The van der Waals surface area contributed by atoms with Crippen molar-refractivity contribution in [2.24, 2.45) is 0 Å². The first-order valence-corrected chi connectivity index (χ1v) is 6.50. The number of hydrogen-bond acceptors (Lipinski definition) is 4. The van der Waals surface area contributed by atoms with Gasteiger partial charge in [-0.1, -0.05) is 6.07 Å². The standard InChI is InChI=1S/C14H20N2O3/c1-3-19-12-6-4-5-11(15)13(12)14(17)16-9-7-10(8-9)18-2/h4-6,9-10H,3,7-8,15H2,1-2H3,(H,16,17). The van der Waals surface area contributed by atoms with E-state index in [0.717, 1.165) is 12.8 Å². The predicted molar refractivity (Wildman–Crippen MR) is 73.3 cm³/mol. The third-order valence-electron chi connectivity index (χ3n) is 3.35. The van der Waals surface area contributed by atoms with Gasteiger partial charge in [-0.15, -0.1) is 0 Å². The molecule has 0 saturated heterocycles. The van der Waals surface area contributed by atoms with Crippen LogP contribution in [0.2, 0.25) is 0 Å². The maximum Gasteiger partial charge on any atom is 0.257 e. The highest BCUT2D eigenvalue weighted by molar-refractivity contribution is 6.02. The molecule has 1 amide bonds. The fourth-order valence-electron chi connectivity index (χ4n) is 2.20. The maximum atomic E-state index is 12.2. The van der Waals surface area contributed by atoms with Crippen molar-refractivity contribution in [1.82, 2.24) is 5.32 Å². The van der Waals surface area contributed by atoms with Crippen LogP contribution in [0.4, 0.5) is 5.69 Å². The Kier molecular flexibility index (Phi) is 4.27. The van der Waals surface area contributed by atoms with Crippen molar-refractivity contribution < 1.29 is 14.3 Å². The first-order chi connectivity index (χ1) is 9.15. The Morgan fingerprint density at radius 2 is 2.21 bits per heavy atom. The van der Waals surface area contributed by atoms with Gasteiger partial charge in [0.2, 0.25) is 0 Å². The van der Waals surface area contributed by atoms with E-state index >= 15 is 0 Å². The molecule has 19 heavy (non-hydrogen) atoms. The van der Waals surface area contributed by atoms with E-state index in [1.807, 2.05) is 6.92 Å². The normalized spacial score (nSPS) is 21.6. The second-order valence-corrected chi connectivity index (χ2v) is 4.65. The van der Waals surface area contributed by atoms with Crippen LogP contribution in [0.1, 0.15) is 30.1 Å². The molecule has 0 aromatic heterocycles. The summed E-state index contributed by atoms with van der Waals surface area (Å²) in [7, 11) is 1.69. The van der Waals surface area contributed by atoms with Crippen LogP contribution in [-0.4, -0.2) is 31.8 Å². The molecule has 104 valence electrons. The number of anilines is 1. The van der Waals surface area contributed by atoms with Gasteiger partial charge in [-0.2, -0.15) is 0 Å². The van der Waals surface area contributed by atoms with E-state index < -0.39 is 0 Å². The van der Waals surface area contributed by atoms with Gasteiger partial charge in [0.05, 0.1) is 12.7 Å². The molecule has 5 heteroatoms. The molecule has 1 aromatic rings. The lowest BCUT2D eigenvalue weighted by molar-refractivity contribution is 0.0176. The Hall–Kier alpha value is -1.75. The Morgan fingerprint density at radius 1 is 1.47 bits per heavy atom. The minimum absolute atomic E-state index is 0.159. The number of amides is 1. The first kappa shape index (κ1) is 13.7. The zero-order chi connectivity index (χ0) is 13.8. The molecule has 0 spiro atoms. The molecule has 0 atom stereocenters. The molecular formula is C14H20N2O3. The van der Waals surface area contributed by atoms with Gasteiger partial charge in [0.25, 0.3) is 5.91 Å². The van der Waals surface area contributed by atoms with Crippen LogP contribution in [0.5, 0.6) is 5.75 Å². The van der Waals surface area contributed by atoms with Gasteiger partial charge >= 0.3 is 0 Å². The zero-order valence-corrected chi connectivity index (χ0v) is 11.3. The molecule has 1 saturated carbocycles. The van der Waals surface area contributed by atoms with Crippen LogP contribution in [-0.2, 0) is 4.74 Å². The second-order valence-electron chi connectivity index (χ2n) is 4.65. The lowest BCUT2D eigenvalue weighted by atomic mass is 9.89. The van der Waals surface area contributed by atoms with Crippen molar-refractivity contribution in [2.45, 2.75) is 31.9 Å². The van der Waals surface area contributed by atoms with E-state index in [0.29, 0.717) is 23.6 Å². The van der Waals surface area contributed by atoms with E-state index in [2.05, 4.69) is 5.32 Å². The fourth-order valence-corrected chi connectivity index (χ4v) is 2.20. The number of carbonyl (C=O) groups excluding carboxylic acids is 1. The number of hydrogen-bond donors (Lipinski definition) is 2. The number of rotatable bonds is 5. The molecule has 0 aliphatic heterocycles. The summed E-state index contributed by atoms with van der Waals surface area (Å²) in [6, 6.07) is 5.40. The van der Waals surface area contributed by atoms with Gasteiger partial charge in [-0.25, -0.2) is 0 Å². The quantitative estimate of drug-likeness (QED) is 0.792. The number of nitrogen functional groups attached to an aromatic ring is 1. The summed E-state index contributed by atoms with van der Waals surface area (Å²) < 4.78 is 10.6. The highest BCUT2D eigenvalue weighted by Gasteiger charge is 2.31. The van der Waals surface area contributed by atoms with E-state index in [1.54, 1.807) is 25.3 Å². The summed E-state index contributed by atoms with van der Waals surface area (Å²) in [5.74, 6) is 0.351. The molecule has 1 fully saturated rings. The molecule has 0 radical (unpaired) electrons. The van der Waals surface area contributed by atoms with E-state index in [-0.39, 0.29) is 18.1 Å². The maximum absolute atomic E-state index is 12.2. The SMILES string of the molecule is CCOc1cccc(N)c1C(=O)NC1CC(OC)C1. The first-order valence-electron chi connectivity index (χ1n) is 6.50. The van der Waals surface area contributed by atoms with Crippen LogP contribution < -0.4 is 15.8 Å². The summed E-state index contributed by atoms with van der Waals surface area (Å²) in [6.07, 6.45) is 1.95. The van der Waals surface area contributed by atoms with Crippen molar-refractivity contribution in [3.05, 3.63) is 23.8 Å². The molecule has 1 aliphatic carbocycles. The summed E-state index contributed by atoms with van der Waals surface area (Å²) >= 11 is 0. The minimum atomic E-state index is -0.180. The average molecular weight is 264 g/mol. The van der Waals surface area contributed by atoms with Crippen molar-refractivity contribution in [3.63, 3.8) is 0 Å². The van der Waals surface area contributed by atoms with E-state index in [9.17, 15) is 4.79 Å². The van der Waals surface area contributed by atoms with Crippen molar-refractivity contribution >= 4 is 11.6 Å². The molecule has 0 bridgehead atoms. The molecule has 0 unspecified atom stereocenters. The van der Waals surface area contributed by atoms with Crippen LogP contribution in [0.3, 0.4) is 0 Å². The molecule has 2 rings (SSSR count). The van der Waals surface area contributed by atoms with Crippen LogP contribution in [0.15, 0.2) is 18.2 Å². The number of ether oxygens (including phenoxy) is 2. The zero-order valence-electron chi connectivity index (χ0n) is 11.3. The smallest absolute Gasteiger partial charge is 0.257 e. The molecule has 0 heterocycles. The van der Waals surface area contributed by atoms with Crippen LogP contribution >= 0.6 is 0 Å². The third-order valence-corrected chi connectivity index (χ3v) is 3.35. The Bertz CT molecular complexity index is 456. The predicted octanol–water partition coefficient (Wildman–Crippen LogP) is 1.57. The molecule has 1 aromatic carbocycles. The van der Waals surface area contributed by atoms with Gasteiger partial charge in [-0.3, -0.25) is 4.79 Å². The van der Waals surface area contributed by atoms with E-state index in [1.165, 1.54) is 0 Å². The van der Waals surface area contributed by atoms with Gasteiger partial charge in [0.15, 0.2) is 0 Å².